The molecule has 0 unspecified atom stereocenters. The van der Waals surface area contributed by atoms with Crippen LogP contribution in [0.5, 0.6) is 11.5 Å². The van der Waals surface area contributed by atoms with E-state index >= 15 is 0 Å². The van der Waals surface area contributed by atoms with E-state index in [1.807, 2.05) is 0 Å². The molecule has 0 atom stereocenters. The van der Waals surface area contributed by atoms with Gasteiger partial charge in [0.1, 0.15) is 5.75 Å². The van der Waals surface area contributed by atoms with E-state index in [9.17, 15) is 17.6 Å². The van der Waals surface area contributed by atoms with E-state index in [-0.39, 0.29) is 5.75 Å². The number of nitrogens with zero attached hydrogens (tertiary/aromatic N) is 1. The molecule has 0 N–H and O–H groups in total. The number of ether oxygens (including phenoxy) is 1. The summed E-state index contributed by atoms with van der Waals surface area (Å²) in [5, 5.41) is 0. The summed E-state index contributed by atoms with van der Waals surface area (Å²) in [6.45, 7) is 0. The molecule has 0 saturated carbocycles. The summed E-state index contributed by atoms with van der Waals surface area (Å²) >= 11 is 3.07. The molecule has 0 aliphatic heterocycles. The molecule has 0 aliphatic rings. The fourth-order valence-electron chi connectivity index (χ4n) is 1.20. The van der Waals surface area contributed by atoms with Crippen molar-refractivity contribution in [3.05, 3.63) is 52.3 Å². The normalized spacial score (nSPS) is 10.5. The van der Waals surface area contributed by atoms with Gasteiger partial charge in [0.15, 0.2) is 0 Å². The van der Waals surface area contributed by atoms with Gasteiger partial charge >= 0.3 is 0 Å². The van der Waals surface area contributed by atoms with Crippen molar-refractivity contribution in [1.82, 2.24) is 4.98 Å². The largest absolute Gasteiger partial charge is 0.450 e. The Balaban J connectivity index is 2.50. The van der Waals surface area contributed by atoms with Crippen LogP contribution >= 0.6 is 15.9 Å². The third-order valence-electron chi connectivity index (χ3n) is 2.01. The minimum atomic E-state index is -1.77. The molecule has 0 fully saturated rings. The van der Waals surface area contributed by atoms with Crippen LogP contribution in [0.25, 0.3) is 0 Å². The van der Waals surface area contributed by atoms with Crippen molar-refractivity contribution in [2.24, 2.45) is 0 Å². The number of hydrogen-bond donors (Lipinski definition) is 0. The lowest BCUT2D eigenvalue weighted by molar-refractivity contribution is 0.342. The Morgan fingerprint density at radius 2 is 1.50 bits per heavy atom. The van der Waals surface area contributed by atoms with E-state index in [0.29, 0.717) is 4.47 Å². The monoisotopic (exact) mass is 321 g/mol. The Kier molecular flexibility index (Phi) is 3.51. The number of para-hydroxylation sites is 1. The highest BCUT2D eigenvalue weighted by Crippen LogP contribution is 2.33. The highest BCUT2D eigenvalue weighted by atomic mass is 79.9. The van der Waals surface area contributed by atoms with Crippen LogP contribution in [-0.2, 0) is 0 Å². The van der Waals surface area contributed by atoms with Gasteiger partial charge in [-0.15, -0.1) is 0 Å². The van der Waals surface area contributed by atoms with Crippen LogP contribution in [0.15, 0.2) is 28.7 Å². The van der Waals surface area contributed by atoms with E-state index in [4.69, 9.17) is 4.74 Å². The average Bonchev–Trinajstić information content (AvgIpc) is 2.34. The second kappa shape index (κ2) is 4.93. The molecule has 0 spiro atoms. The third kappa shape index (κ3) is 2.31. The second-order valence-electron chi connectivity index (χ2n) is 3.18. The molecule has 0 bridgehead atoms. The Morgan fingerprint density at radius 3 is 2.06 bits per heavy atom. The maximum Gasteiger partial charge on any atom is 0.255 e. The predicted octanol–water partition coefficient (Wildman–Crippen LogP) is 4.19. The van der Waals surface area contributed by atoms with Crippen LogP contribution in [-0.4, -0.2) is 4.98 Å². The van der Waals surface area contributed by atoms with E-state index < -0.39 is 29.3 Å². The molecule has 0 radical (unpaired) electrons. The molecule has 0 aliphatic carbocycles. The standard InChI is InChI=1S/C11H4BrF4NO/c12-5-3-1-2-4-6(5)18-9-7(13)10(15)17-11(16)8(9)14/h1-4H. The van der Waals surface area contributed by atoms with Crippen molar-refractivity contribution in [2.75, 3.05) is 0 Å². The smallest absolute Gasteiger partial charge is 0.255 e. The number of halogens is 5. The van der Waals surface area contributed by atoms with Gasteiger partial charge in [-0.1, -0.05) is 12.1 Å². The van der Waals surface area contributed by atoms with Gasteiger partial charge in [0.25, 0.3) is 11.9 Å². The van der Waals surface area contributed by atoms with E-state index in [0.717, 1.165) is 0 Å². The van der Waals surface area contributed by atoms with Gasteiger partial charge in [-0.3, -0.25) is 0 Å². The minimum absolute atomic E-state index is 0.0142. The fraction of sp³-hybridized carbons (Fsp3) is 0. The summed E-state index contributed by atoms with van der Waals surface area (Å²) in [5.74, 6) is -8.08. The van der Waals surface area contributed by atoms with Gasteiger partial charge in [0.05, 0.1) is 4.47 Å². The van der Waals surface area contributed by atoms with Crippen LogP contribution in [0.1, 0.15) is 0 Å². The van der Waals surface area contributed by atoms with Gasteiger partial charge in [-0.05, 0) is 28.1 Å². The van der Waals surface area contributed by atoms with Gasteiger partial charge < -0.3 is 4.74 Å². The molecule has 1 aromatic carbocycles. The lowest BCUT2D eigenvalue weighted by Crippen LogP contribution is -2.03. The highest BCUT2D eigenvalue weighted by molar-refractivity contribution is 9.10. The lowest BCUT2D eigenvalue weighted by atomic mass is 10.3. The SMILES string of the molecule is Fc1nc(F)c(F)c(Oc2ccccc2Br)c1F. The molecular weight excluding hydrogens is 318 g/mol. The van der Waals surface area contributed by atoms with E-state index in [1.165, 1.54) is 12.1 Å². The first kappa shape index (κ1) is 12.8. The van der Waals surface area contributed by atoms with Crippen LogP contribution < -0.4 is 4.74 Å². The Bertz CT molecular complexity index is 580. The Hall–Kier alpha value is -1.63. The first-order chi connectivity index (χ1) is 8.50. The summed E-state index contributed by atoms with van der Waals surface area (Å²) in [6.07, 6.45) is 0. The maximum atomic E-state index is 13.3. The molecule has 1 aromatic heterocycles. The summed E-state index contributed by atoms with van der Waals surface area (Å²) in [5.41, 5.74) is 0. The van der Waals surface area contributed by atoms with Crippen LogP contribution in [0, 0.1) is 23.5 Å². The number of hydrogen-bond acceptors (Lipinski definition) is 2. The first-order valence-electron chi connectivity index (χ1n) is 4.63. The Labute approximate surface area is 107 Å². The van der Waals surface area contributed by atoms with Gasteiger partial charge in [-0.2, -0.15) is 22.5 Å². The number of benzene rings is 1. The molecule has 2 rings (SSSR count). The first-order valence-corrected chi connectivity index (χ1v) is 5.42. The fourth-order valence-corrected chi connectivity index (χ4v) is 1.56. The molecule has 1 heterocycles. The van der Waals surface area contributed by atoms with E-state index in [1.54, 1.807) is 12.1 Å². The van der Waals surface area contributed by atoms with Crippen molar-refractivity contribution in [2.45, 2.75) is 0 Å². The summed E-state index contributed by atoms with van der Waals surface area (Å²) in [6, 6.07) is 6.08. The quantitative estimate of drug-likeness (QED) is 0.611. The zero-order chi connectivity index (χ0) is 13.3. The number of aromatic nitrogens is 1. The van der Waals surface area contributed by atoms with Crippen LogP contribution in [0.4, 0.5) is 17.6 Å². The van der Waals surface area contributed by atoms with E-state index in [2.05, 4.69) is 20.9 Å². The second-order valence-corrected chi connectivity index (χ2v) is 4.04. The Morgan fingerprint density at radius 1 is 0.944 bits per heavy atom. The highest BCUT2D eigenvalue weighted by Gasteiger charge is 2.23. The third-order valence-corrected chi connectivity index (χ3v) is 2.66. The van der Waals surface area contributed by atoms with Crippen molar-refractivity contribution >= 4 is 15.9 Å². The van der Waals surface area contributed by atoms with Crippen molar-refractivity contribution in [3.8, 4) is 11.5 Å². The van der Waals surface area contributed by atoms with Gasteiger partial charge in [0, 0.05) is 0 Å². The van der Waals surface area contributed by atoms with Crippen molar-refractivity contribution in [3.63, 3.8) is 0 Å². The molecule has 18 heavy (non-hydrogen) atoms. The summed E-state index contributed by atoms with van der Waals surface area (Å²) in [7, 11) is 0. The number of rotatable bonds is 2. The lowest BCUT2D eigenvalue weighted by Gasteiger charge is -2.09. The maximum absolute atomic E-state index is 13.3. The number of pyridine rings is 1. The average molecular weight is 322 g/mol. The van der Waals surface area contributed by atoms with Gasteiger partial charge in [-0.25, -0.2) is 0 Å². The van der Waals surface area contributed by atoms with Crippen LogP contribution in [0.3, 0.4) is 0 Å². The van der Waals surface area contributed by atoms with Crippen molar-refractivity contribution < 1.29 is 22.3 Å². The van der Waals surface area contributed by atoms with Crippen molar-refractivity contribution in [1.29, 1.82) is 0 Å². The van der Waals surface area contributed by atoms with Gasteiger partial charge in [0.2, 0.25) is 17.4 Å². The topological polar surface area (TPSA) is 22.1 Å². The molecule has 2 nitrogen and oxygen atoms in total. The predicted molar refractivity (Wildman–Crippen MR) is 58.3 cm³/mol. The zero-order valence-corrected chi connectivity index (χ0v) is 10.1. The summed E-state index contributed by atoms with van der Waals surface area (Å²) < 4.78 is 57.4. The zero-order valence-electron chi connectivity index (χ0n) is 8.55. The molecule has 0 saturated heterocycles. The molecule has 94 valence electrons. The van der Waals surface area contributed by atoms with Crippen LogP contribution in [0.2, 0.25) is 0 Å². The minimum Gasteiger partial charge on any atom is -0.450 e. The molecular formula is C11H4BrF4NO. The molecule has 7 heteroatoms. The molecule has 2 aromatic rings. The summed E-state index contributed by atoms with van der Waals surface area (Å²) in [4.78, 5) is 2.42. The molecule has 0 amide bonds.